The predicted molar refractivity (Wildman–Crippen MR) is 77.6 cm³/mol. The van der Waals surface area contributed by atoms with E-state index < -0.39 is 6.10 Å². The average Bonchev–Trinajstić information content (AvgIpc) is 2.49. The van der Waals surface area contributed by atoms with Crippen molar-refractivity contribution in [1.29, 1.82) is 0 Å². The third kappa shape index (κ3) is 3.33. The largest absolute Gasteiger partial charge is 0.493 e. The normalized spacial score (nSPS) is 13.7. The number of hydrogen-bond donors (Lipinski definition) is 3. The number of nitrogens with two attached hydrogens (primary N) is 1. The van der Waals surface area contributed by atoms with Crippen LogP contribution in [0, 0.1) is 0 Å². The highest BCUT2D eigenvalue weighted by molar-refractivity contribution is 5.56. The summed E-state index contributed by atoms with van der Waals surface area (Å²) in [5.41, 5.74) is 6.20. The molecule has 4 N–H and O–H groups in total. The van der Waals surface area contributed by atoms with E-state index in [9.17, 15) is 5.11 Å². The molecule has 0 aliphatic rings. The lowest BCUT2D eigenvalue weighted by Gasteiger charge is -2.25. The lowest BCUT2D eigenvalue weighted by atomic mass is 9.98. The quantitative estimate of drug-likeness (QED) is 0.651. The van der Waals surface area contributed by atoms with E-state index in [1.54, 1.807) is 26.3 Å². The Balaban J connectivity index is 3.23. The number of likely N-dealkylation sites (N-methyl/N-ethyl adjacent to an activating group) is 1. The number of nitrogens with one attached hydrogen (secondary N) is 1. The van der Waals surface area contributed by atoms with Gasteiger partial charge in [0.15, 0.2) is 11.5 Å². The predicted octanol–water partition coefficient (Wildman–Crippen LogP) is 0.683. The first-order valence-corrected chi connectivity index (χ1v) is 6.48. The van der Waals surface area contributed by atoms with Crippen LogP contribution in [0.5, 0.6) is 17.2 Å². The summed E-state index contributed by atoms with van der Waals surface area (Å²) in [4.78, 5) is 0. The van der Waals surface area contributed by atoms with E-state index >= 15 is 0 Å². The molecule has 1 aromatic carbocycles. The van der Waals surface area contributed by atoms with Crippen LogP contribution in [0.3, 0.4) is 0 Å². The van der Waals surface area contributed by atoms with Crippen molar-refractivity contribution in [1.82, 2.24) is 5.32 Å². The van der Waals surface area contributed by atoms with Crippen molar-refractivity contribution < 1.29 is 19.3 Å². The van der Waals surface area contributed by atoms with Crippen LogP contribution in [-0.2, 0) is 0 Å². The van der Waals surface area contributed by atoms with Crippen LogP contribution in [0.1, 0.15) is 18.1 Å². The van der Waals surface area contributed by atoms with Gasteiger partial charge in [0.25, 0.3) is 0 Å². The molecule has 0 saturated heterocycles. The molecule has 2 unspecified atom stereocenters. The first-order chi connectivity index (χ1) is 9.64. The molecule has 0 aliphatic carbocycles. The van der Waals surface area contributed by atoms with Crippen LogP contribution in [0.15, 0.2) is 12.1 Å². The Morgan fingerprint density at radius 1 is 1.15 bits per heavy atom. The van der Waals surface area contributed by atoms with Gasteiger partial charge < -0.3 is 30.4 Å². The fourth-order valence-corrected chi connectivity index (χ4v) is 2.21. The Kier molecular flexibility index (Phi) is 6.57. The molecule has 0 heterocycles. The Hall–Kier alpha value is -1.50. The van der Waals surface area contributed by atoms with E-state index in [0.29, 0.717) is 35.8 Å². The Morgan fingerprint density at radius 3 is 2.25 bits per heavy atom. The monoisotopic (exact) mass is 284 g/mol. The van der Waals surface area contributed by atoms with Crippen LogP contribution in [0.4, 0.5) is 0 Å². The molecule has 6 nitrogen and oxygen atoms in total. The van der Waals surface area contributed by atoms with Gasteiger partial charge in [0.05, 0.1) is 27.4 Å². The van der Waals surface area contributed by atoms with E-state index in [2.05, 4.69) is 5.32 Å². The molecule has 1 aromatic rings. The minimum absolute atomic E-state index is 0.160. The maximum absolute atomic E-state index is 10.5. The SMILES string of the molecule is CNC(CCN)C(O)c1ccc(OC)c(OC)c1OC. The van der Waals surface area contributed by atoms with E-state index in [1.807, 2.05) is 0 Å². The summed E-state index contributed by atoms with van der Waals surface area (Å²) < 4.78 is 15.9. The summed E-state index contributed by atoms with van der Waals surface area (Å²) in [6.45, 7) is 0.484. The number of aliphatic hydroxyl groups excluding tert-OH is 1. The van der Waals surface area contributed by atoms with Crippen molar-refractivity contribution in [2.24, 2.45) is 5.73 Å². The maximum Gasteiger partial charge on any atom is 0.203 e. The van der Waals surface area contributed by atoms with Gasteiger partial charge in [-0.25, -0.2) is 0 Å². The highest BCUT2D eigenvalue weighted by Crippen LogP contribution is 2.42. The highest BCUT2D eigenvalue weighted by Gasteiger charge is 2.25. The number of benzene rings is 1. The zero-order valence-electron chi connectivity index (χ0n) is 12.5. The molecule has 0 saturated carbocycles. The zero-order valence-corrected chi connectivity index (χ0v) is 12.5. The molecule has 0 radical (unpaired) electrons. The number of aliphatic hydroxyl groups is 1. The lowest BCUT2D eigenvalue weighted by molar-refractivity contribution is 0.125. The van der Waals surface area contributed by atoms with Crippen molar-refractivity contribution in [2.45, 2.75) is 18.6 Å². The van der Waals surface area contributed by atoms with Crippen LogP contribution in [0.25, 0.3) is 0 Å². The van der Waals surface area contributed by atoms with Crippen molar-refractivity contribution >= 4 is 0 Å². The van der Waals surface area contributed by atoms with E-state index in [-0.39, 0.29) is 6.04 Å². The van der Waals surface area contributed by atoms with Gasteiger partial charge in [0, 0.05) is 11.6 Å². The number of ether oxygens (including phenoxy) is 3. The second kappa shape index (κ2) is 7.94. The Morgan fingerprint density at radius 2 is 1.80 bits per heavy atom. The molecular weight excluding hydrogens is 260 g/mol. The molecule has 1 rings (SSSR count). The average molecular weight is 284 g/mol. The fraction of sp³-hybridized carbons (Fsp3) is 0.571. The van der Waals surface area contributed by atoms with Gasteiger partial charge in [0.1, 0.15) is 0 Å². The van der Waals surface area contributed by atoms with Gasteiger partial charge in [-0.15, -0.1) is 0 Å². The van der Waals surface area contributed by atoms with E-state index in [4.69, 9.17) is 19.9 Å². The van der Waals surface area contributed by atoms with Crippen molar-refractivity contribution in [3.05, 3.63) is 17.7 Å². The molecule has 0 aromatic heterocycles. The van der Waals surface area contributed by atoms with Crippen LogP contribution < -0.4 is 25.3 Å². The van der Waals surface area contributed by atoms with Gasteiger partial charge in [-0.1, -0.05) is 0 Å². The van der Waals surface area contributed by atoms with Gasteiger partial charge in [-0.05, 0) is 32.1 Å². The van der Waals surface area contributed by atoms with Crippen molar-refractivity contribution in [3.8, 4) is 17.2 Å². The molecule has 0 aliphatic heterocycles. The Labute approximate surface area is 119 Å². The van der Waals surface area contributed by atoms with Crippen molar-refractivity contribution in [2.75, 3.05) is 34.9 Å². The summed E-state index contributed by atoms with van der Waals surface area (Å²) in [7, 11) is 6.41. The van der Waals surface area contributed by atoms with Gasteiger partial charge in [-0.3, -0.25) is 0 Å². The third-order valence-corrected chi connectivity index (χ3v) is 3.28. The summed E-state index contributed by atoms with van der Waals surface area (Å²) >= 11 is 0. The van der Waals surface area contributed by atoms with Gasteiger partial charge in [0.2, 0.25) is 5.75 Å². The minimum atomic E-state index is -0.752. The first-order valence-electron chi connectivity index (χ1n) is 6.48. The van der Waals surface area contributed by atoms with Crippen LogP contribution >= 0.6 is 0 Å². The minimum Gasteiger partial charge on any atom is -0.493 e. The standard InChI is InChI=1S/C14H24N2O4/c1-16-10(7-8-15)12(17)9-5-6-11(18-2)14(20-4)13(9)19-3/h5-6,10,12,16-17H,7-8,15H2,1-4H3. The second-order valence-electron chi connectivity index (χ2n) is 4.34. The molecule has 0 spiro atoms. The van der Waals surface area contributed by atoms with Gasteiger partial charge >= 0.3 is 0 Å². The number of hydrogen-bond acceptors (Lipinski definition) is 6. The molecule has 2 atom stereocenters. The maximum atomic E-state index is 10.5. The number of rotatable bonds is 8. The van der Waals surface area contributed by atoms with E-state index in [0.717, 1.165) is 0 Å². The molecular formula is C14H24N2O4. The molecule has 114 valence electrons. The summed E-state index contributed by atoms with van der Waals surface area (Å²) in [5, 5.41) is 13.6. The van der Waals surface area contributed by atoms with Crippen LogP contribution in [0.2, 0.25) is 0 Å². The Bertz CT molecular complexity index is 426. The highest BCUT2D eigenvalue weighted by atomic mass is 16.5. The third-order valence-electron chi connectivity index (χ3n) is 3.28. The van der Waals surface area contributed by atoms with E-state index in [1.165, 1.54) is 14.2 Å². The molecule has 20 heavy (non-hydrogen) atoms. The number of methoxy groups -OCH3 is 3. The van der Waals surface area contributed by atoms with Gasteiger partial charge in [-0.2, -0.15) is 0 Å². The zero-order chi connectivity index (χ0) is 15.1. The van der Waals surface area contributed by atoms with Crippen molar-refractivity contribution in [3.63, 3.8) is 0 Å². The summed E-state index contributed by atoms with van der Waals surface area (Å²) in [5.74, 6) is 1.49. The molecule has 6 heteroatoms. The summed E-state index contributed by atoms with van der Waals surface area (Å²) in [6.07, 6.45) is -0.104. The molecule has 0 bridgehead atoms. The molecule has 0 amide bonds. The topological polar surface area (TPSA) is 86.0 Å². The molecule has 0 fully saturated rings. The smallest absolute Gasteiger partial charge is 0.203 e. The van der Waals surface area contributed by atoms with Crippen LogP contribution in [-0.4, -0.2) is 46.1 Å². The first kappa shape index (κ1) is 16.6. The lowest BCUT2D eigenvalue weighted by Crippen LogP contribution is -2.34. The second-order valence-corrected chi connectivity index (χ2v) is 4.34. The fourth-order valence-electron chi connectivity index (χ4n) is 2.21. The summed E-state index contributed by atoms with van der Waals surface area (Å²) in [6, 6.07) is 3.35.